The van der Waals surface area contributed by atoms with Crippen molar-refractivity contribution in [3.63, 3.8) is 0 Å². The number of carbonyl (C=O) groups is 1. The number of nitrogens with one attached hydrogen (secondary N) is 1. The summed E-state index contributed by atoms with van der Waals surface area (Å²) in [4.78, 5) is 13.7. The molecule has 1 amide bonds. The zero-order chi connectivity index (χ0) is 16.9. The summed E-state index contributed by atoms with van der Waals surface area (Å²) in [7, 11) is 1.65. The van der Waals surface area contributed by atoms with E-state index in [9.17, 15) is 4.79 Å². The molecule has 0 saturated heterocycles. The molecule has 0 atom stereocenters. The van der Waals surface area contributed by atoms with Crippen LogP contribution in [0.4, 0.5) is 5.69 Å². The van der Waals surface area contributed by atoms with Gasteiger partial charge in [-0.25, -0.2) is 0 Å². The molecular formula is C20H19NO2S. The molecule has 3 nitrogen and oxygen atoms in total. The molecule has 0 bridgehead atoms. The van der Waals surface area contributed by atoms with Gasteiger partial charge in [0.2, 0.25) is 0 Å². The first kappa shape index (κ1) is 16.4. The molecule has 0 spiro atoms. The average Bonchev–Trinajstić information content (AvgIpc) is 2.63. The van der Waals surface area contributed by atoms with Gasteiger partial charge in [-0.05, 0) is 42.2 Å². The van der Waals surface area contributed by atoms with Crippen LogP contribution in [0.15, 0.2) is 65.6 Å². The molecule has 1 N–H and O–H groups in total. The van der Waals surface area contributed by atoms with Crippen molar-refractivity contribution < 1.29 is 9.53 Å². The highest BCUT2D eigenvalue weighted by Crippen LogP contribution is 2.31. The van der Waals surface area contributed by atoms with Gasteiger partial charge in [0, 0.05) is 26.9 Å². The zero-order valence-electron chi connectivity index (χ0n) is 13.7. The van der Waals surface area contributed by atoms with Crippen molar-refractivity contribution in [2.75, 3.05) is 18.2 Å². The number of rotatable bonds is 5. The van der Waals surface area contributed by atoms with Gasteiger partial charge in [0.05, 0.1) is 7.11 Å². The molecule has 122 valence electrons. The molecule has 3 rings (SSSR count). The number of anilines is 1. The Bertz CT molecular complexity index is 859. The predicted molar refractivity (Wildman–Crippen MR) is 101 cm³/mol. The van der Waals surface area contributed by atoms with Crippen molar-refractivity contribution in [1.82, 2.24) is 0 Å². The Balaban J connectivity index is 1.88. The Hall–Kier alpha value is -2.46. The number of ether oxygens (including phenoxy) is 1. The van der Waals surface area contributed by atoms with E-state index in [-0.39, 0.29) is 5.91 Å². The van der Waals surface area contributed by atoms with Gasteiger partial charge >= 0.3 is 0 Å². The number of hydrogen-bond donors (Lipinski definition) is 1. The lowest BCUT2D eigenvalue weighted by Gasteiger charge is -2.12. The van der Waals surface area contributed by atoms with E-state index in [1.165, 1.54) is 4.90 Å². The van der Waals surface area contributed by atoms with Crippen LogP contribution in [-0.4, -0.2) is 18.8 Å². The molecule has 3 aromatic rings. The van der Waals surface area contributed by atoms with Crippen LogP contribution in [-0.2, 0) is 0 Å². The van der Waals surface area contributed by atoms with Crippen molar-refractivity contribution >= 4 is 34.1 Å². The number of amides is 1. The minimum absolute atomic E-state index is 0.113. The Kier molecular flexibility index (Phi) is 5.06. The number of benzene rings is 3. The predicted octanol–water partition coefficient (Wildman–Crippen LogP) is 5.21. The molecule has 0 saturated carbocycles. The summed E-state index contributed by atoms with van der Waals surface area (Å²) >= 11 is 1.76. The van der Waals surface area contributed by atoms with Gasteiger partial charge in [0.1, 0.15) is 5.75 Å². The molecule has 0 fully saturated rings. The molecule has 24 heavy (non-hydrogen) atoms. The number of fused-ring (bicyclic) bond motifs is 1. The van der Waals surface area contributed by atoms with E-state index in [4.69, 9.17) is 4.74 Å². The Morgan fingerprint density at radius 2 is 1.71 bits per heavy atom. The van der Waals surface area contributed by atoms with E-state index in [2.05, 4.69) is 12.2 Å². The van der Waals surface area contributed by atoms with Crippen LogP contribution in [0, 0.1) is 0 Å². The quantitative estimate of drug-likeness (QED) is 0.649. The van der Waals surface area contributed by atoms with Crippen molar-refractivity contribution in [1.29, 1.82) is 0 Å². The van der Waals surface area contributed by atoms with Crippen LogP contribution in [0.2, 0.25) is 0 Å². The Labute approximate surface area is 146 Å². The monoisotopic (exact) mass is 337 g/mol. The third-order valence-corrected chi connectivity index (χ3v) is 4.67. The van der Waals surface area contributed by atoms with Crippen LogP contribution < -0.4 is 10.1 Å². The van der Waals surface area contributed by atoms with E-state index in [0.29, 0.717) is 5.56 Å². The highest BCUT2D eigenvalue weighted by Gasteiger charge is 2.10. The number of hydrogen-bond acceptors (Lipinski definition) is 3. The summed E-state index contributed by atoms with van der Waals surface area (Å²) < 4.78 is 5.39. The van der Waals surface area contributed by atoms with E-state index in [0.717, 1.165) is 28.0 Å². The highest BCUT2D eigenvalue weighted by atomic mass is 32.2. The first-order valence-electron chi connectivity index (χ1n) is 7.83. The van der Waals surface area contributed by atoms with Crippen molar-refractivity contribution in [2.24, 2.45) is 0 Å². The maximum absolute atomic E-state index is 12.5. The van der Waals surface area contributed by atoms with Gasteiger partial charge in [0.25, 0.3) is 5.91 Å². The summed E-state index contributed by atoms with van der Waals surface area (Å²) in [5.41, 5.74) is 1.43. The molecule has 0 radical (unpaired) electrons. The second kappa shape index (κ2) is 7.41. The Morgan fingerprint density at radius 3 is 2.38 bits per heavy atom. The van der Waals surface area contributed by atoms with E-state index >= 15 is 0 Å². The summed E-state index contributed by atoms with van der Waals surface area (Å²) in [6, 6.07) is 19.3. The van der Waals surface area contributed by atoms with E-state index < -0.39 is 0 Å². The fourth-order valence-electron chi connectivity index (χ4n) is 2.62. The molecule has 0 heterocycles. The first-order chi connectivity index (χ1) is 11.7. The van der Waals surface area contributed by atoms with Crippen LogP contribution >= 0.6 is 11.8 Å². The third kappa shape index (κ3) is 3.39. The normalized spacial score (nSPS) is 10.6. The van der Waals surface area contributed by atoms with E-state index in [1.807, 2.05) is 60.7 Å². The van der Waals surface area contributed by atoms with Crippen molar-refractivity contribution in [3.05, 3.63) is 66.2 Å². The summed E-state index contributed by atoms with van der Waals surface area (Å²) in [5, 5.41) is 4.94. The molecular weight excluding hydrogens is 318 g/mol. The zero-order valence-corrected chi connectivity index (χ0v) is 14.5. The molecule has 3 aromatic carbocycles. The SMILES string of the molecule is CCSc1ccc(C(=O)Nc2ccc(OC)c3ccccc23)cc1. The lowest BCUT2D eigenvalue weighted by atomic mass is 10.1. The smallest absolute Gasteiger partial charge is 0.255 e. The third-order valence-electron chi connectivity index (χ3n) is 3.78. The number of methoxy groups -OCH3 is 1. The van der Waals surface area contributed by atoms with Crippen molar-refractivity contribution in [2.45, 2.75) is 11.8 Å². The number of carbonyl (C=O) groups excluding carboxylic acids is 1. The molecule has 0 aromatic heterocycles. The standard InChI is InChI=1S/C20H19NO2S/c1-3-24-15-10-8-14(9-11-15)20(22)21-18-12-13-19(23-2)17-7-5-4-6-16(17)18/h4-13H,3H2,1-2H3,(H,21,22). The minimum atomic E-state index is -0.113. The maximum Gasteiger partial charge on any atom is 0.255 e. The highest BCUT2D eigenvalue weighted by molar-refractivity contribution is 7.99. The van der Waals surface area contributed by atoms with Crippen LogP contribution in [0.5, 0.6) is 5.75 Å². The van der Waals surface area contributed by atoms with Gasteiger partial charge in [0.15, 0.2) is 0 Å². The Morgan fingerprint density at radius 1 is 1.00 bits per heavy atom. The molecule has 0 aliphatic heterocycles. The molecule has 0 aliphatic carbocycles. The largest absolute Gasteiger partial charge is 0.496 e. The van der Waals surface area contributed by atoms with Crippen molar-refractivity contribution in [3.8, 4) is 5.75 Å². The molecule has 0 aliphatic rings. The van der Waals surface area contributed by atoms with Gasteiger partial charge in [-0.2, -0.15) is 0 Å². The molecule has 0 unspecified atom stereocenters. The second-order valence-electron chi connectivity index (χ2n) is 5.27. The van der Waals surface area contributed by atoms with Gasteiger partial charge < -0.3 is 10.1 Å². The van der Waals surface area contributed by atoms with Gasteiger partial charge in [-0.3, -0.25) is 4.79 Å². The topological polar surface area (TPSA) is 38.3 Å². The van der Waals surface area contributed by atoms with Crippen LogP contribution in [0.1, 0.15) is 17.3 Å². The van der Waals surface area contributed by atoms with Gasteiger partial charge in [-0.15, -0.1) is 11.8 Å². The molecule has 4 heteroatoms. The van der Waals surface area contributed by atoms with Crippen LogP contribution in [0.25, 0.3) is 10.8 Å². The van der Waals surface area contributed by atoms with E-state index in [1.54, 1.807) is 18.9 Å². The summed E-state index contributed by atoms with van der Waals surface area (Å²) in [6.45, 7) is 2.11. The average molecular weight is 337 g/mol. The maximum atomic E-state index is 12.5. The summed E-state index contributed by atoms with van der Waals surface area (Å²) in [6.07, 6.45) is 0. The fraction of sp³-hybridized carbons (Fsp3) is 0.150. The fourth-order valence-corrected chi connectivity index (χ4v) is 3.28. The van der Waals surface area contributed by atoms with Gasteiger partial charge in [-0.1, -0.05) is 31.2 Å². The lowest BCUT2D eigenvalue weighted by Crippen LogP contribution is -2.12. The minimum Gasteiger partial charge on any atom is -0.496 e. The lowest BCUT2D eigenvalue weighted by molar-refractivity contribution is 0.102. The van der Waals surface area contributed by atoms with Crippen LogP contribution in [0.3, 0.4) is 0 Å². The second-order valence-corrected chi connectivity index (χ2v) is 6.61. The first-order valence-corrected chi connectivity index (χ1v) is 8.81. The number of thioether (sulfide) groups is 1. The summed E-state index contributed by atoms with van der Waals surface area (Å²) in [5.74, 6) is 1.70.